The van der Waals surface area contributed by atoms with Crippen LogP contribution >= 0.6 is 15.9 Å². The SMILES string of the molecule is CCCCn1nnc(Br)c1C. The fraction of sp³-hybridized carbons (Fsp3) is 0.714. The van der Waals surface area contributed by atoms with Gasteiger partial charge in [0.1, 0.15) is 0 Å². The second-order valence-electron chi connectivity index (χ2n) is 2.54. The van der Waals surface area contributed by atoms with Crippen molar-refractivity contribution in [3.05, 3.63) is 10.3 Å². The maximum absolute atomic E-state index is 3.97. The lowest BCUT2D eigenvalue weighted by molar-refractivity contribution is 0.542. The van der Waals surface area contributed by atoms with Gasteiger partial charge in [-0.25, -0.2) is 4.68 Å². The molecule has 0 aliphatic heterocycles. The maximum Gasteiger partial charge on any atom is 0.151 e. The predicted octanol–water partition coefficient (Wildman–Crippen LogP) is 2.15. The van der Waals surface area contributed by atoms with Gasteiger partial charge in [-0.05, 0) is 29.3 Å². The fourth-order valence-electron chi connectivity index (χ4n) is 0.859. The molecule has 0 unspecified atom stereocenters. The van der Waals surface area contributed by atoms with E-state index in [9.17, 15) is 0 Å². The highest BCUT2D eigenvalue weighted by Gasteiger charge is 2.02. The van der Waals surface area contributed by atoms with Crippen LogP contribution in [-0.4, -0.2) is 15.0 Å². The third kappa shape index (κ3) is 2.02. The van der Waals surface area contributed by atoms with Crippen molar-refractivity contribution in [1.82, 2.24) is 15.0 Å². The van der Waals surface area contributed by atoms with Gasteiger partial charge in [-0.15, -0.1) is 5.10 Å². The summed E-state index contributed by atoms with van der Waals surface area (Å²) in [7, 11) is 0. The molecule has 0 atom stereocenters. The molecule has 62 valence electrons. The van der Waals surface area contributed by atoms with Crippen molar-refractivity contribution in [2.45, 2.75) is 33.2 Å². The first-order valence-corrected chi connectivity index (χ1v) is 4.60. The Labute approximate surface area is 74.9 Å². The Morgan fingerprint density at radius 2 is 2.27 bits per heavy atom. The molecule has 0 bridgehead atoms. The molecule has 0 saturated carbocycles. The summed E-state index contributed by atoms with van der Waals surface area (Å²) in [5, 5.41) is 7.87. The van der Waals surface area contributed by atoms with Crippen molar-refractivity contribution in [2.24, 2.45) is 0 Å². The molecule has 0 fully saturated rings. The number of unbranched alkanes of at least 4 members (excludes halogenated alkanes) is 1. The van der Waals surface area contributed by atoms with Crippen LogP contribution in [0.2, 0.25) is 0 Å². The number of hydrogen-bond donors (Lipinski definition) is 0. The molecule has 4 heteroatoms. The largest absolute Gasteiger partial charge is 0.248 e. The van der Waals surface area contributed by atoms with E-state index in [1.165, 1.54) is 6.42 Å². The van der Waals surface area contributed by atoms with E-state index in [1.54, 1.807) is 0 Å². The molecule has 0 aliphatic rings. The van der Waals surface area contributed by atoms with Crippen LogP contribution in [0.1, 0.15) is 25.5 Å². The maximum atomic E-state index is 3.97. The summed E-state index contributed by atoms with van der Waals surface area (Å²) in [5.41, 5.74) is 1.11. The quantitative estimate of drug-likeness (QED) is 0.778. The second-order valence-corrected chi connectivity index (χ2v) is 3.29. The van der Waals surface area contributed by atoms with E-state index in [1.807, 2.05) is 11.6 Å². The zero-order valence-electron chi connectivity index (χ0n) is 6.84. The first-order valence-electron chi connectivity index (χ1n) is 3.81. The molecule has 0 N–H and O–H groups in total. The van der Waals surface area contributed by atoms with Crippen molar-refractivity contribution in [1.29, 1.82) is 0 Å². The molecule has 11 heavy (non-hydrogen) atoms. The van der Waals surface area contributed by atoms with E-state index in [2.05, 4.69) is 33.2 Å². The van der Waals surface area contributed by atoms with Crippen LogP contribution in [0.15, 0.2) is 4.60 Å². The minimum absolute atomic E-state index is 0.855. The molecule has 1 rings (SSSR count). The Hall–Kier alpha value is -0.380. The Morgan fingerprint density at radius 3 is 2.73 bits per heavy atom. The van der Waals surface area contributed by atoms with Gasteiger partial charge in [-0.2, -0.15) is 0 Å². The minimum atomic E-state index is 0.855. The molecule has 3 nitrogen and oxygen atoms in total. The summed E-state index contributed by atoms with van der Waals surface area (Å²) in [6.45, 7) is 5.15. The van der Waals surface area contributed by atoms with Crippen LogP contribution in [0.5, 0.6) is 0 Å². The number of rotatable bonds is 3. The summed E-state index contributed by atoms with van der Waals surface area (Å²) < 4.78 is 2.78. The number of aromatic nitrogens is 3. The Morgan fingerprint density at radius 1 is 1.55 bits per heavy atom. The second kappa shape index (κ2) is 3.85. The molecule has 1 aromatic rings. The highest BCUT2D eigenvalue weighted by atomic mass is 79.9. The first kappa shape index (κ1) is 8.71. The predicted molar refractivity (Wildman–Crippen MR) is 47.4 cm³/mol. The molecule has 0 aromatic carbocycles. The summed E-state index contributed by atoms with van der Waals surface area (Å²) >= 11 is 3.31. The van der Waals surface area contributed by atoms with Crippen LogP contribution in [-0.2, 0) is 6.54 Å². The highest BCUT2D eigenvalue weighted by Crippen LogP contribution is 2.10. The number of nitrogens with zero attached hydrogens (tertiary/aromatic N) is 3. The van der Waals surface area contributed by atoms with Gasteiger partial charge in [0.15, 0.2) is 4.60 Å². The van der Waals surface area contributed by atoms with E-state index >= 15 is 0 Å². The van der Waals surface area contributed by atoms with Gasteiger partial charge in [0, 0.05) is 6.54 Å². The highest BCUT2D eigenvalue weighted by molar-refractivity contribution is 9.10. The topological polar surface area (TPSA) is 30.7 Å². The molecule has 1 aromatic heterocycles. The van der Waals surface area contributed by atoms with Gasteiger partial charge in [-0.1, -0.05) is 18.6 Å². The van der Waals surface area contributed by atoms with Crippen molar-refractivity contribution in [3.63, 3.8) is 0 Å². The van der Waals surface area contributed by atoms with Crippen LogP contribution in [0, 0.1) is 6.92 Å². The average Bonchev–Trinajstić information content (AvgIpc) is 2.31. The van der Waals surface area contributed by atoms with Gasteiger partial charge in [0.25, 0.3) is 0 Å². The normalized spacial score (nSPS) is 10.5. The van der Waals surface area contributed by atoms with Crippen LogP contribution in [0.4, 0.5) is 0 Å². The zero-order chi connectivity index (χ0) is 8.27. The molecular weight excluding hydrogens is 206 g/mol. The van der Waals surface area contributed by atoms with E-state index in [-0.39, 0.29) is 0 Å². The molecule has 1 heterocycles. The summed E-state index contributed by atoms with van der Waals surface area (Å²) in [4.78, 5) is 0. The van der Waals surface area contributed by atoms with E-state index in [0.29, 0.717) is 0 Å². The van der Waals surface area contributed by atoms with Crippen molar-refractivity contribution in [2.75, 3.05) is 0 Å². The van der Waals surface area contributed by atoms with E-state index in [4.69, 9.17) is 0 Å². The molecule has 0 radical (unpaired) electrons. The minimum Gasteiger partial charge on any atom is -0.248 e. The number of aryl methyl sites for hydroxylation is 1. The Kier molecular flexibility index (Phi) is 3.05. The average molecular weight is 218 g/mol. The smallest absolute Gasteiger partial charge is 0.151 e. The van der Waals surface area contributed by atoms with Gasteiger partial charge in [0.2, 0.25) is 0 Å². The number of halogens is 1. The van der Waals surface area contributed by atoms with Crippen molar-refractivity contribution < 1.29 is 0 Å². The third-order valence-corrected chi connectivity index (χ3v) is 2.38. The molecule has 0 amide bonds. The van der Waals surface area contributed by atoms with Crippen LogP contribution in [0.3, 0.4) is 0 Å². The summed E-state index contributed by atoms with van der Waals surface area (Å²) in [6.07, 6.45) is 2.35. The van der Waals surface area contributed by atoms with Crippen LogP contribution < -0.4 is 0 Å². The van der Waals surface area contributed by atoms with Gasteiger partial charge in [0.05, 0.1) is 5.69 Å². The lowest BCUT2D eigenvalue weighted by Crippen LogP contribution is -2.01. The lowest BCUT2D eigenvalue weighted by Gasteiger charge is -1.99. The van der Waals surface area contributed by atoms with E-state index < -0.39 is 0 Å². The summed E-state index contributed by atoms with van der Waals surface area (Å²) in [6, 6.07) is 0. The monoisotopic (exact) mass is 217 g/mol. The standard InChI is InChI=1S/C7H12BrN3/c1-3-4-5-11-6(2)7(8)9-10-11/h3-5H2,1-2H3. The van der Waals surface area contributed by atoms with Gasteiger partial charge >= 0.3 is 0 Å². The van der Waals surface area contributed by atoms with Crippen molar-refractivity contribution >= 4 is 15.9 Å². The first-order chi connectivity index (χ1) is 5.25. The Balaban J connectivity index is 2.63. The third-order valence-electron chi connectivity index (χ3n) is 1.65. The fourth-order valence-corrected chi connectivity index (χ4v) is 1.14. The summed E-state index contributed by atoms with van der Waals surface area (Å²) in [5.74, 6) is 0. The lowest BCUT2D eigenvalue weighted by atomic mass is 10.3. The number of hydrogen-bond acceptors (Lipinski definition) is 2. The molecule has 0 saturated heterocycles. The molecule has 0 spiro atoms. The zero-order valence-corrected chi connectivity index (χ0v) is 8.43. The van der Waals surface area contributed by atoms with Gasteiger partial charge < -0.3 is 0 Å². The Bertz CT molecular complexity index is 232. The molecular formula is C7H12BrN3. The van der Waals surface area contributed by atoms with Gasteiger partial charge in [-0.3, -0.25) is 0 Å². The molecule has 0 aliphatic carbocycles. The van der Waals surface area contributed by atoms with E-state index in [0.717, 1.165) is 23.3 Å². The van der Waals surface area contributed by atoms with Crippen LogP contribution in [0.25, 0.3) is 0 Å². The van der Waals surface area contributed by atoms with Crippen molar-refractivity contribution in [3.8, 4) is 0 Å².